The normalized spacial score (nSPS) is 12.1. The summed E-state index contributed by atoms with van der Waals surface area (Å²) in [7, 11) is 1.34. The molecule has 1 atom stereocenters. The molecule has 0 saturated carbocycles. The molecule has 0 fully saturated rings. The van der Waals surface area contributed by atoms with Crippen molar-refractivity contribution in [1.29, 1.82) is 0 Å². The second-order valence-electron chi connectivity index (χ2n) is 5.37. The van der Waals surface area contributed by atoms with Crippen molar-refractivity contribution in [2.24, 2.45) is 5.92 Å². The Bertz CT molecular complexity index is 581. The van der Waals surface area contributed by atoms with Crippen molar-refractivity contribution in [2.75, 3.05) is 12.4 Å². The number of hydrogen-bond acceptors (Lipinski definition) is 4. The first-order valence-electron chi connectivity index (χ1n) is 7.33. The van der Waals surface area contributed by atoms with Crippen LogP contribution in [-0.2, 0) is 14.3 Å². The fourth-order valence-corrected chi connectivity index (χ4v) is 3.56. The van der Waals surface area contributed by atoms with Crippen molar-refractivity contribution >= 4 is 45.3 Å². The lowest BCUT2D eigenvalue weighted by Crippen LogP contribution is -2.24. The third-order valence-electron chi connectivity index (χ3n) is 3.07. The van der Waals surface area contributed by atoms with Gasteiger partial charge in [0.15, 0.2) is 0 Å². The molecule has 1 unspecified atom stereocenters. The van der Waals surface area contributed by atoms with Gasteiger partial charge in [0.25, 0.3) is 0 Å². The lowest BCUT2D eigenvalue weighted by Gasteiger charge is -2.19. The molecule has 0 aromatic heterocycles. The van der Waals surface area contributed by atoms with Gasteiger partial charge in [-0.15, -0.1) is 11.8 Å². The van der Waals surface area contributed by atoms with Gasteiger partial charge in [-0.1, -0.05) is 20.8 Å². The standard InChI is InChI=1S/C16H21BrFNO3S/c1-5-6-14(20)19-12-8-13(10(17)7-11(12)18)23-15(9(2)3)16(21)22-4/h7-9,15H,5-6H2,1-4H3,(H,19,20). The molecule has 0 aliphatic heterocycles. The van der Waals surface area contributed by atoms with E-state index in [1.807, 2.05) is 20.8 Å². The number of anilines is 1. The molecular formula is C16H21BrFNO3S. The Morgan fingerprint density at radius 2 is 2.04 bits per heavy atom. The summed E-state index contributed by atoms with van der Waals surface area (Å²) in [5.74, 6) is -1.05. The van der Waals surface area contributed by atoms with E-state index >= 15 is 0 Å². The maximum Gasteiger partial charge on any atom is 0.319 e. The summed E-state index contributed by atoms with van der Waals surface area (Å²) >= 11 is 4.58. The molecule has 128 valence electrons. The van der Waals surface area contributed by atoms with Gasteiger partial charge in [-0.3, -0.25) is 9.59 Å². The van der Waals surface area contributed by atoms with Crippen molar-refractivity contribution in [2.45, 2.75) is 43.8 Å². The third-order valence-corrected chi connectivity index (χ3v) is 5.57. The molecule has 0 aliphatic carbocycles. The molecule has 23 heavy (non-hydrogen) atoms. The largest absolute Gasteiger partial charge is 0.468 e. The average Bonchev–Trinajstić information content (AvgIpc) is 2.48. The quantitative estimate of drug-likeness (QED) is 0.531. The molecule has 0 aliphatic rings. The van der Waals surface area contributed by atoms with Crippen LogP contribution in [0.4, 0.5) is 10.1 Å². The monoisotopic (exact) mass is 405 g/mol. The maximum absolute atomic E-state index is 14.0. The average molecular weight is 406 g/mol. The van der Waals surface area contributed by atoms with Crippen molar-refractivity contribution in [1.82, 2.24) is 0 Å². The Morgan fingerprint density at radius 1 is 1.39 bits per heavy atom. The first-order valence-corrected chi connectivity index (χ1v) is 9.00. The van der Waals surface area contributed by atoms with Crippen molar-refractivity contribution in [3.63, 3.8) is 0 Å². The van der Waals surface area contributed by atoms with Crippen LogP contribution >= 0.6 is 27.7 Å². The Hall–Kier alpha value is -1.08. The highest BCUT2D eigenvalue weighted by molar-refractivity contribution is 9.10. The van der Waals surface area contributed by atoms with Crippen LogP contribution in [0.2, 0.25) is 0 Å². The second-order valence-corrected chi connectivity index (χ2v) is 7.40. The van der Waals surface area contributed by atoms with E-state index in [4.69, 9.17) is 4.74 Å². The van der Waals surface area contributed by atoms with Crippen LogP contribution in [0.1, 0.15) is 33.6 Å². The number of ether oxygens (including phenoxy) is 1. The fourth-order valence-electron chi connectivity index (χ4n) is 1.86. The molecule has 0 radical (unpaired) electrons. The van der Waals surface area contributed by atoms with Crippen LogP contribution < -0.4 is 5.32 Å². The minimum Gasteiger partial charge on any atom is -0.468 e. The highest BCUT2D eigenvalue weighted by atomic mass is 79.9. The molecule has 4 nitrogen and oxygen atoms in total. The minimum absolute atomic E-state index is 0.0440. The second kappa shape index (κ2) is 9.27. The van der Waals surface area contributed by atoms with Gasteiger partial charge in [0.2, 0.25) is 5.91 Å². The van der Waals surface area contributed by atoms with Crippen molar-refractivity contribution in [3.8, 4) is 0 Å². The van der Waals surface area contributed by atoms with Crippen molar-refractivity contribution in [3.05, 3.63) is 22.4 Å². The van der Waals surface area contributed by atoms with Crippen LogP contribution in [-0.4, -0.2) is 24.2 Å². The van der Waals surface area contributed by atoms with Gasteiger partial charge in [0, 0.05) is 15.8 Å². The number of carbonyl (C=O) groups is 2. The maximum atomic E-state index is 14.0. The van der Waals surface area contributed by atoms with E-state index in [1.165, 1.54) is 31.0 Å². The van der Waals surface area contributed by atoms with E-state index in [-0.39, 0.29) is 23.5 Å². The molecule has 0 spiro atoms. The van der Waals surface area contributed by atoms with Crippen LogP contribution in [0, 0.1) is 11.7 Å². The third kappa shape index (κ3) is 5.80. The molecule has 1 N–H and O–H groups in total. The summed E-state index contributed by atoms with van der Waals surface area (Å²) in [5, 5.41) is 2.14. The Morgan fingerprint density at radius 3 is 2.57 bits per heavy atom. The Kier molecular flexibility index (Phi) is 8.05. The SMILES string of the molecule is CCCC(=O)Nc1cc(SC(C(=O)OC)C(C)C)c(Br)cc1F. The number of thioether (sulfide) groups is 1. The first-order chi connectivity index (χ1) is 10.8. The highest BCUT2D eigenvalue weighted by Crippen LogP contribution is 2.37. The minimum atomic E-state index is -0.523. The lowest BCUT2D eigenvalue weighted by molar-refractivity contribution is -0.140. The number of methoxy groups -OCH3 is 1. The number of rotatable bonds is 7. The number of hydrogen-bond donors (Lipinski definition) is 1. The first kappa shape index (κ1) is 20.0. The topological polar surface area (TPSA) is 55.4 Å². The van der Waals surface area contributed by atoms with Crippen LogP contribution in [0.3, 0.4) is 0 Å². The number of amides is 1. The molecule has 1 amide bonds. The number of esters is 1. The van der Waals surface area contributed by atoms with E-state index < -0.39 is 11.1 Å². The molecule has 0 bridgehead atoms. The molecule has 1 rings (SSSR count). The predicted molar refractivity (Wildman–Crippen MR) is 94.1 cm³/mol. The highest BCUT2D eigenvalue weighted by Gasteiger charge is 2.25. The van der Waals surface area contributed by atoms with Gasteiger partial charge in [-0.25, -0.2) is 4.39 Å². The van der Waals surface area contributed by atoms with E-state index in [1.54, 1.807) is 0 Å². The van der Waals surface area contributed by atoms with E-state index in [0.717, 1.165) is 0 Å². The molecule has 7 heteroatoms. The fraction of sp³-hybridized carbons (Fsp3) is 0.500. The Balaban J connectivity index is 3.06. The van der Waals surface area contributed by atoms with E-state index in [2.05, 4.69) is 21.2 Å². The van der Waals surface area contributed by atoms with Crippen LogP contribution in [0.5, 0.6) is 0 Å². The molecule has 0 heterocycles. The summed E-state index contributed by atoms with van der Waals surface area (Å²) in [5.41, 5.74) is 0.113. The number of benzene rings is 1. The molecule has 1 aromatic rings. The number of nitrogens with one attached hydrogen (secondary N) is 1. The zero-order valence-electron chi connectivity index (χ0n) is 13.6. The molecular weight excluding hydrogens is 385 g/mol. The van der Waals surface area contributed by atoms with Crippen LogP contribution in [0.25, 0.3) is 0 Å². The van der Waals surface area contributed by atoms with Gasteiger partial charge >= 0.3 is 5.97 Å². The van der Waals surface area contributed by atoms with E-state index in [0.29, 0.717) is 22.2 Å². The predicted octanol–water partition coefficient (Wildman–Crippen LogP) is 4.62. The van der Waals surface area contributed by atoms with Gasteiger partial charge in [0.1, 0.15) is 11.1 Å². The summed E-state index contributed by atoms with van der Waals surface area (Å²) in [6, 6.07) is 2.83. The van der Waals surface area contributed by atoms with E-state index in [9.17, 15) is 14.0 Å². The van der Waals surface area contributed by atoms with Gasteiger partial charge < -0.3 is 10.1 Å². The van der Waals surface area contributed by atoms with Gasteiger partial charge in [-0.2, -0.15) is 0 Å². The smallest absolute Gasteiger partial charge is 0.319 e. The lowest BCUT2D eigenvalue weighted by atomic mass is 10.1. The Labute approximate surface area is 148 Å². The molecule has 0 saturated heterocycles. The zero-order chi connectivity index (χ0) is 17.6. The summed E-state index contributed by atoms with van der Waals surface area (Å²) < 4.78 is 19.4. The zero-order valence-corrected chi connectivity index (χ0v) is 16.0. The van der Waals surface area contributed by atoms with Gasteiger partial charge in [0.05, 0.1) is 12.8 Å². The number of halogens is 2. The van der Waals surface area contributed by atoms with Crippen molar-refractivity contribution < 1.29 is 18.7 Å². The number of carbonyl (C=O) groups excluding carboxylic acids is 2. The molecule has 1 aromatic carbocycles. The summed E-state index contributed by atoms with van der Waals surface area (Å²) in [4.78, 5) is 24.2. The summed E-state index contributed by atoms with van der Waals surface area (Å²) in [6.07, 6.45) is 1.01. The summed E-state index contributed by atoms with van der Waals surface area (Å²) in [6.45, 7) is 5.70. The van der Waals surface area contributed by atoms with Gasteiger partial charge in [-0.05, 0) is 40.4 Å². The van der Waals surface area contributed by atoms with Crippen LogP contribution in [0.15, 0.2) is 21.5 Å².